The molecule has 0 aliphatic carbocycles. The molecule has 1 N–H and O–H groups in total. The third kappa shape index (κ3) is 6.36. The molecule has 0 spiro atoms. The molecule has 1 heterocycles. The van der Waals surface area contributed by atoms with Gasteiger partial charge in [-0.2, -0.15) is 4.31 Å². The van der Waals surface area contributed by atoms with Gasteiger partial charge in [0, 0.05) is 32.2 Å². The predicted molar refractivity (Wildman–Crippen MR) is 91.6 cm³/mol. The van der Waals surface area contributed by atoms with Gasteiger partial charge in [-0.25, -0.2) is 8.42 Å². The molecule has 0 aromatic heterocycles. The molecular weight excluding hydrogens is 387 g/mol. The molecule has 1 saturated heterocycles. The number of hydrogen-bond acceptors (Lipinski definition) is 5. The first-order valence-electron chi connectivity index (χ1n) is 8.35. The summed E-state index contributed by atoms with van der Waals surface area (Å²) in [5.41, 5.74) is 0. The highest BCUT2D eigenvalue weighted by Gasteiger charge is 2.32. The minimum atomic E-state index is -4.83. The third-order valence-electron chi connectivity index (χ3n) is 3.84. The van der Waals surface area contributed by atoms with E-state index in [1.54, 1.807) is 0 Å². The summed E-state index contributed by atoms with van der Waals surface area (Å²) in [6, 6.07) is 4.13. The molecule has 0 unspecified atom stereocenters. The molecule has 1 amide bonds. The van der Waals surface area contributed by atoms with Gasteiger partial charge in [-0.15, -0.1) is 13.2 Å². The summed E-state index contributed by atoms with van der Waals surface area (Å²) in [5, 5.41) is 2.77. The van der Waals surface area contributed by atoms with Crippen LogP contribution < -0.4 is 10.1 Å². The molecule has 27 heavy (non-hydrogen) atoms. The fourth-order valence-corrected chi connectivity index (χ4v) is 4.08. The second kappa shape index (κ2) is 8.44. The number of rotatable bonds is 6. The maximum absolute atomic E-state index is 12.6. The van der Waals surface area contributed by atoms with E-state index in [9.17, 15) is 26.4 Å². The van der Waals surface area contributed by atoms with Gasteiger partial charge >= 0.3 is 6.36 Å². The second-order valence-corrected chi connectivity index (χ2v) is 8.36. The molecule has 0 atom stereocenters. The van der Waals surface area contributed by atoms with Crippen LogP contribution in [0.4, 0.5) is 13.2 Å². The molecule has 11 heteroatoms. The lowest BCUT2D eigenvalue weighted by Crippen LogP contribution is -2.51. The molecule has 1 aromatic carbocycles. The lowest BCUT2D eigenvalue weighted by atomic mass is 10.3. The Labute approximate surface area is 156 Å². The number of carbonyl (C=O) groups excluding carboxylic acids is 1. The Kier molecular flexibility index (Phi) is 6.71. The van der Waals surface area contributed by atoms with Crippen molar-refractivity contribution in [3.63, 3.8) is 0 Å². The lowest BCUT2D eigenvalue weighted by molar-refractivity contribution is -0.274. The van der Waals surface area contributed by atoms with Crippen molar-refractivity contribution in [3.8, 4) is 5.75 Å². The minimum absolute atomic E-state index is 0.0310. The van der Waals surface area contributed by atoms with Crippen LogP contribution in [0.25, 0.3) is 0 Å². The Hall–Kier alpha value is -1.85. The van der Waals surface area contributed by atoms with Crippen molar-refractivity contribution >= 4 is 15.9 Å². The summed E-state index contributed by atoms with van der Waals surface area (Å²) in [5.74, 6) is -0.607. The number of alkyl halides is 3. The van der Waals surface area contributed by atoms with Crippen LogP contribution in [-0.2, 0) is 14.8 Å². The number of piperazine rings is 1. The summed E-state index contributed by atoms with van der Waals surface area (Å²) >= 11 is 0. The molecule has 1 fully saturated rings. The quantitative estimate of drug-likeness (QED) is 0.769. The van der Waals surface area contributed by atoms with Crippen LogP contribution in [0.2, 0.25) is 0 Å². The standard InChI is InChI=1S/C16H22F3N3O4S/c1-12(2)20-15(23)11-21-7-9-22(10-8-21)27(24,25)14-5-3-13(4-6-14)26-16(17,18)19/h3-6,12H,7-11H2,1-2H3,(H,20,23). The normalized spacial score (nSPS) is 17.1. The number of amides is 1. The number of nitrogens with one attached hydrogen (secondary N) is 1. The summed E-state index contributed by atoms with van der Waals surface area (Å²) in [6.45, 7) is 5.06. The number of carbonyl (C=O) groups is 1. The highest BCUT2D eigenvalue weighted by atomic mass is 32.2. The van der Waals surface area contributed by atoms with Gasteiger partial charge in [0.15, 0.2) is 0 Å². The van der Waals surface area contributed by atoms with Crippen molar-refractivity contribution in [2.45, 2.75) is 31.1 Å². The van der Waals surface area contributed by atoms with Crippen molar-refractivity contribution in [2.24, 2.45) is 0 Å². The van der Waals surface area contributed by atoms with Crippen LogP contribution in [0.1, 0.15) is 13.8 Å². The van der Waals surface area contributed by atoms with Crippen LogP contribution in [0, 0.1) is 0 Å². The van der Waals surface area contributed by atoms with Crippen molar-refractivity contribution in [3.05, 3.63) is 24.3 Å². The number of nitrogens with zero attached hydrogens (tertiary/aromatic N) is 2. The van der Waals surface area contributed by atoms with E-state index in [1.165, 1.54) is 4.31 Å². The smallest absolute Gasteiger partial charge is 0.406 e. The fourth-order valence-electron chi connectivity index (χ4n) is 2.66. The van der Waals surface area contributed by atoms with E-state index < -0.39 is 22.1 Å². The van der Waals surface area contributed by atoms with Gasteiger partial charge in [0.2, 0.25) is 15.9 Å². The zero-order chi connectivity index (χ0) is 20.2. The highest BCUT2D eigenvalue weighted by molar-refractivity contribution is 7.89. The lowest BCUT2D eigenvalue weighted by Gasteiger charge is -2.33. The van der Waals surface area contributed by atoms with E-state index in [0.717, 1.165) is 24.3 Å². The SMILES string of the molecule is CC(C)NC(=O)CN1CCN(S(=O)(=O)c2ccc(OC(F)(F)F)cc2)CC1. The van der Waals surface area contributed by atoms with Crippen molar-refractivity contribution in [1.29, 1.82) is 0 Å². The topological polar surface area (TPSA) is 79.0 Å². The maximum Gasteiger partial charge on any atom is 0.573 e. The van der Waals surface area contributed by atoms with Gasteiger partial charge in [-0.1, -0.05) is 0 Å². The van der Waals surface area contributed by atoms with E-state index in [1.807, 2.05) is 18.7 Å². The average Bonchev–Trinajstić information content (AvgIpc) is 2.53. The maximum atomic E-state index is 12.6. The zero-order valence-electron chi connectivity index (χ0n) is 15.0. The van der Waals surface area contributed by atoms with E-state index in [0.29, 0.717) is 13.1 Å². The number of hydrogen-bond donors (Lipinski definition) is 1. The van der Waals surface area contributed by atoms with E-state index in [-0.39, 0.29) is 36.5 Å². The van der Waals surface area contributed by atoms with E-state index in [2.05, 4.69) is 10.1 Å². The summed E-state index contributed by atoms with van der Waals surface area (Å²) in [7, 11) is -3.82. The monoisotopic (exact) mass is 409 g/mol. The first-order chi connectivity index (χ1) is 12.5. The number of benzene rings is 1. The van der Waals surface area contributed by atoms with E-state index in [4.69, 9.17) is 0 Å². The van der Waals surface area contributed by atoms with Gasteiger partial charge in [0.05, 0.1) is 11.4 Å². The van der Waals surface area contributed by atoms with Crippen LogP contribution in [0.3, 0.4) is 0 Å². The van der Waals surface area contributed by atoms with Crippen molar-refractivity contribution < 1.29 is 31.1 Å². The Morgan fingerprint density at radius 1 is 1.15 bits per heavy atom. The van der Waals surface area contributed by atoms with Gasteiger partial charge in [0.25, 0.3) is 0 Å². The van der Waals surface area contributed by atoms with E-state index >= 15 is 0 Å². The van der Waals surface area contributed by atoms with Crippen molar-refractivity contribution in [1.82, 2.24) is 14.5 Å². The van der Waals surface area contributed by atoms with Crippen molar-refractivity contribution in [2.75, 3.05) is 32.7 Å². The van der Waals surface area contributed by atoms with Gasteiger partial charge in [0.1, 0.15) is 5.75 Å². The summed E-state index contributed by atoms with van der Waals surface area (Å²) in [6.07, 6.45) is -4.83. The second-order valence-electron chi connectivity index (χ2n) is 6.42. The molecule has 0 saturated carbocycles. The van der Waals surface area contributed by atoms with Gasteiger partial charge in [-0.05, 0) is 38.1 Å². The number of sulfonamides is 1. The first-order valence-corrected chi connectivity index (χ1v) is 9.79. The molecular formula is C16H22F3N3O4S. The van der Waals surface area contributed by atoms with Crippen LogP contribution in [-0.4, -0.2) is 68.7 Å². The zero-order valence-corrected chi connectivity index (χ0v) is 15.8. The summed E-state index contributed by atoms with van der Waals surface area (Å²) < 4.78 is 66.8. The molecule has 7 nitrogen and oxygen atoms in total. The Morgan fingerprint density at radius 3 is 2.19 bits per heavy atom. The molecule has 1 aromatic rings. The Balaban J connectivity index is 1.95. The molecule has 1 aliphatic heterocycles. The molecule has 152 valence electrons. The molecule has 2 rings (SSSR count). The minimum Gasteiger partial charge on any atom is -0.406 e. The molecule has 1 aliphatic rings. The largest absolute Gasteiger partial charge is 0.573 e. The predicted octanol–water partition coefficient (Wildman–Crippen LogP) is 1.42. The van der Waals surface area contributed by atoms with Gasteiger partial charge in [-0.3, -0.25) is 9.69 Å². The Morgan fingerprint density at radius 2 is 1.70 bits per heavy atom. The number of halogens is 3. The average molecular weight is 409 g/mol. The van der Waals surface area contributed by atoms with Gasteiger partial charge < -0.3 is 10.1 Å². The molecule has 0 radical (unpaired) electrons. The van der Waals surface area contributed by atoms with Crippen LogP contribution in [0.5, 0.6) is 5.75 Å². The highest BCUT2D eigenvalue weighted by Crippen LogP contribution is 2.25. The van der Waals surface area contributed by atoms with Crippen LogP contribution in [0.15, 0.2) is 29.2 Å². The fraction of sp³-hybridized carbons (Fsp3) is 0.562. The third-order valence-corrected chi connectivity index (χ3v) is 5.76. The number of ether oxygens (including phenoxy) is 1. The first kappa shape index (κ1) is 21.5. The summed E-state index contributed by atoms with van der Waals surface area (Å²) in [4.78, 5) is 13.5. The van der Waals surface area contributed by atoms with Crippen LogP contribution >= 0.6 is 0 Å². The Bertz CT molecular complexity index is 743. The molecule has 0 bridgehead atoms.